The maximum atomic E-state index is 9.52. The maximum Gasteiger partial charge on any atom is 0.266 e. The zero-order valence-electron chi connectivity index (χ0n) is 17.6. The SMILES string of the molecule is Cc1ccc(OCc2ccc(-c3nc(C#N)c(N4C[C@H](C)O[C@@H](C)C4)o3)o2)cc1C. The van der Waals surface area contributed by atoms with Crippen LogP contribution in [0.1, 0.15) is 36.4 Å². The lowest BCUT2D eigenvalue weighted by Crippen LogP contribution is -2.45. The van der Waals surface area contributed by atoms with Crippen molar-refractivity contribution in [2.75, 3.05) is 18.0 Å². The van der Waals surface area contributed by atoms with Gasteiger partial charge in [-0.1, -0.05) is 6.07 Å². The normalized spacial score (nSPS) is 19.0. The summed E-state index contributed by atoms with van der Waals surface area (Å²) in [4.78, 5) is 6.33. The van der Waals surface area contributed by atoms with E-state index in [-0.39, 0.29) is 23.8 Å². The Morgan fingerprint density at radius 1 is 1.10 bits per heavy atom. The Balaban J connectivity index is 1.50. The molecule has 3 aromatic rings. The van der Waals surface area contributed by atoms with Gasteiger partial charge < -0.3 is 23.2 Å². The molecule has 1 fully saturated rings. The van der Waals surface area contributed by atoms with Gasteiger partial charge in [-0.25, -0.2) is 0 Å². The molecule has 4 rings (SSSR count). The molecule has 0 bridgehead atoms. The van der Waals surface area contributed by atoms with Crippen LogP contribution in [-0.2, 0) is 11.3 Å². The van der Waals surface area contributed by atoms with Crippen molar-refractivity contribution < 1.29 is 18.3 Å². The molecule has 0 aliphatic carbocycles. The molecule has 7 heteroatoms. The molecule has 0 unspecified atom stereocenters. The van der Waals surface area contributed by atoms with Crippen LogP contribution in [0.2, 0.25) is 0 Å². The van der Waals surface area contributed by atoms with Crippen molar-refractivity contribution in [2.24, 2.45) is 0 Å². The van der Waals surface area contributed by atoms with Gasteiger partial charge in [-0.15, -0.1) is 0 Å². The molecule has 2 atom stereocenters. The molecule has 1 aliphatic rings. The minimum atomic E-state index is 0.0478. The summed E-state index contributed by atoms with van der Waals surface area (Å²) in [6.45, 7) is 9.69. The summed E-state index contributed by atoms with van der Waals surface area (Å²) in [7, 11) is 0. The van der Waals surface area contributed by atoms with Crippen molar-refractivity contribution >= 4 is 5.88 Å². The Labute approximate surface area is 175 Å². The molecule has 3 heterocycles. The van der Waals surface area contributed by atoms with E-state index in [1.54, 1.807) is 6.07 Å². The van der Waals surface area contributed by atoms with E-state index in [9.17, 15) is 5.26 Å². The first-order valence-electron chi connectivity index (χ1n) is 10.0. The van der Waals surface area contributed by atoms with Crippen LogP contribution < -0.4 is 9.64 Å². The van der Waals surface area contributed by atoms with Gasteiger partial charge in [0.1, 0.15) is 24.2 Å². The van der Waals surface area contributed by atoms with E-state index in [2.05, 4.69) is 24.9 Å². The highest BCUT2D eigenvalue weighted by Gasteiger charge is 2.28. The van der Waals surface area contributed by atoms with Crippen LogP contribution in [0.3, 0.4) is 0 Å². The number of benzene rings is 1. The van der Waals surface area contributed by atoms with Crippen LogP contribution in [0.15, 0.2) is 39.2 Å². The first-order valence-corrected chi connectivity index (χ1v) is 10.0. The van der Waals surface area contributed by atoms with Crippen molar-refractivity contribution in [1.29, 1.82) is 5.26 Å². The number of ether oxygens (including phenoxy) is 2. The fourth-order valence-electron chi connectivity index (χ4n) is 3.58. The predicted molar refractivity (Wildman–Crippen MR) is 111 cm³/mol. The Morgan fingerprint density at radius 3 is 2.57 bits per heavy atom. The standard InChI is InChI=1S/C23H25N3O4/c1-14-5-6-18(9-15(14)2)27-13-19-7-8-21(29-19)22-25-20(10-24)23(30-22)26-11-16(3)28-17(4)12-26/h5-9,16-17H,11-13H2,1-4H3/t16-,17-/m0/s1. The van der Waals surface area contributed by atoms with Crippen LogP contribution >= 0.6 is 0 Å². The average Bonchev–Trinajstić information content (AvgIpc) is 3.35. The predicted octanol–water partition coefficient (Wildman–Crippen LogP) is 4.62. The average molecular weight is 407 g/mol. The van der Waals surface area contributed by atoms with E-state index in [1.807, 2.05) is 43.0 Å². The second-order valence-electron chi connectivity index (χ2n) is 7.75. The molecule has 30 heavy (non-hydrogen) atoms. The number of furan rings is 1. The Hall–Kier alpha value is -3.24. The van der Waals surface area contributed by atoms with Gasteiger partial charge in [-0.05, 0) is 63.1 Å². The first-order chi connectivity index (χ1) is 14.4. The molecule has 0 amide bonds. The summed E-state index contributed by atoms with van der Waals surface area (Å²) in [6.07, 6.45) is 0.0956. The molecule has 0 spiro atoms. The molecule has 0 saturated carbocycles. The zero-order chi connectivity index (χ0) is 21.3. The number of nitriles is 1. The molecule has 7 nitrogen and oxygen atoms in total. The van der Waals surface area contributed by atoms with Crippen LogP contribution in [0, 0.1) is 25.2 Å². The number of aryl methyl sites for hydroxylation is 2. The highest BCUT2D eigenvalue weighted by molar-refractivity contribution is 5.56. The van der Waals surface area contributed by atoms with Gasteiger partial charge in [-0.3, -0.25) is 0 Å². The molecule has 0 N–H and O–H groups in total. The molecule has 2 aromatic heterocycles. The second-order valence-corrected chi connectivity index (χ2v) is 7.75. The van der Waals surface area contributed by atoms with E-state index < -0.39 is 0 Å². The van der Waals surface area contributed by atoms with Gasteiger partial charge in [0, 0.05) is 13.1 Å². The number of aromatic nitrogens is 1. The molecule has 156 valence electrons. The summed E-state index contributed by atoms with van der Waals surface area (Å²) in [6, 6.07) is 11.7. The molecule has 1 aromatic carbocycles. The van der Waals surface area contributed by atoms with Crippen molar-refractivity contribution in [3.05, 3.63) is 52.9 Å². The number of oxazole rings is 1. The fraction of sp³-hybridized carbons (Fsp3) is 0.391. The Morgan fingerprint density at radius 2 is 1.87 bits per heavy atom. The lowest BCUT2D eigenvalue weighted by atomic mass is 10.1. The number of anilines is 1. The van der Waals surface area contributed by atoms with Crippen molar-refractivity contribution in [3.8, 4) is 23.5 Å². The minimum Gasteiger partial charge on any atom is -0.486 e. The lowest BCUT2D eigenvalue weighted by molar-refractivity contribution is -0.00639. The van der Waals surface area contributed by atoms with Crippen LogP contribution in [0.25, 0.3) is 11.7 Å². The fourth-order valence-corrected chi connectivity index (χ4v) is 3.58. The summed E-state index contributed by atoms with van der Waals surface area (Å²) < 4.78 is 23.4. The van der Waals surface area contributed by atoms with E-state index in [0.717, 1.165) is 5.75 Å². The van der Waals surface area contributed by atoms with Gasteiger partial charge in [-0.2, -0.15) is 10.2 Å². The Kier molecular flexibility index (Phi) is 5.51. The Bertz CT molecular complexity index is 1070. The summed E-state index contributed by atoms with van der Waals surface area (Å²) in [5.74, 6) is 2.64. The van der Waals surface area contributed by atoms with Gasteiger partial charge in [0.05, 0.1) is 12.2 Å². The van der Waals surface area contributed by atoms with Gasteiger partial charge >= 0.3 is 0 Å². The summed E-state index contributed by atoms with van der Waals surface area (Å²) >= 11 is 0. The van der Waals surface area contributed by atoms with E-state index in [1.165, 1.54) is 11.1 Å². The second kappa shape index (κ2) is 8.25. The molecular weight excluding hydrogens is 382 g/mol. The molecule has 0 radical (unpaired) electrons. The largest absolute Gasteiger partial charge is 0.486 e. The first kappa shape index (κ1) is 20.0. The quantitative estimate of drug-likeness (QED) is 0.610. The number of hydrogen-bond donors (Lipinski definition) is 0. The molecule has 1 aliphatic heterocycles. The smallest absolute Gasteiger partial charge is 0.266 e. The van der Waals surface area contributed by atoms with E-state index in [4.69, 9.17) is 18.3 Å². The number of hydrogen-bond acceptors (Lipinski definition) is 7. The monoisotopic (exact) mass is 407 g/mol. The van der Waals surface area contributed by atoms with Gasteiger partial charge in [0.25, 0.3) is 5.89 Å². The third-order valence-corrected chi connectivity index (χ3v) is 5.15. The van der Waals surface area contributed by atoms with Gasteiger partial charge in [0.15, 0.2) is 5.76 Å². The number of nitrogens with zero attached hydrogens (tertiary/aromatic N) is 3. The lowest BCUT2D eigenvalue weighted by Gasteiger charge is -2.34. The maximum absolute atomic E-state index is 9.52. The topological polar surface area (TPSA) is 84.7 Å². The summed E-state index contributed by atoms with van der Waals surface area (Å²) in [5.41, 5.74) is 2.64. The van der Waals surface area contributed by atoms with Crippen molar-refractivity contribution in [2.45, 2.75) is 46.5 Å². The van der Waals surface area contributed by atoms with E-state index in [0.29, 0.717) is 37.1 Å². The number of morpholine rings is 1. The van der Waals surface area contributed by atoms with Crippen LogP contribution in [-0.4, -0.2) is 30.3 Å². The highest BCUT2D eigenvalue weighted by Crippen LogP contribution is 2.31. The number of rotatable bonds is 5. The highest BCUT2D eigenvalue weighted by atomic mass is 16.5. The van der Waals surface area contributed by atoms with Crippen molar-refractivity contribution in [3.63, 3.8) is 0 Å². The third kappa shape index (κ3) is 4.19. The zero-order valence-corrected chi connectivity index (χ0v) is 17.6. The van der Waals surface area contributed by atoms with Crippen LogP contribution in [0.4, 0.5) is 5.88 Å². The van der Waals surface area contributed by atoms with Crippen molar-refractivity contribution in [1.82, 2.24) is 4.98 Å². The van der Waals surface area contributed by atoms with Gasteiger partial charge in [0.2, 0.25) is 11.6 Å². The van der Waals surface area contributed by atoms with E-state index >= 15 is 0 Å². The minimum absolute atomic E-state index is 0.0478. The van der Waals surface area contributed by atoms with Crippen LogP contribution in [0.5, 0.6) is 5.75 Å². The molecular formula is C23H25N3O4. The summed E-state index contributed by atoms with van der Waals surface area (Å²) in [5, 5.41) is 9.52. The molecule has 1 saturated heterocycles. The third-order valence-electron chi connectivity index (χ3n) is 5.15.